The maximum atomic E-state index is 10.5. The predicted molar refractivity (Wildman–Crippen MR) is 46.6 cm³/mol. The number of rotatable bonds is 1. The first kappa shape index (κ1) is 9.36. The molecule has 0 saturated carbocycles. The highest BCUT2D eigenvalue weighted by molar-refractivity contribution is 6.42. The highest BCUT2D eigenvalue weighted by atomic mass is 35.5. The second kappa shape index (κ2) is 3.78. The number of ether oxygens (including phenoxy) is 1. The van der Waals surface area contributed by atoms with E-state index >= 15 is 0 Å². The molecule has 1 aromatic rings. The molecule has 0 saturated heterocycles. The Bertz CT molecular complexity index is 310. The standard InChI is InChI=1S/C8H5Cl2O2/c1-5(11)12-7-4-2-3-6(9)8(7)10/h2-3H,1H3. The fourth-order valence-corrected chi connectivity index (χ4v) is 0.958. The lowest BCUT2D eigenvalue weighted by Crippen LogP contribution is -2.01. The summed E-state index contributed by atoms with van der Waals surface area (Å²) in [7, 11) is 0. The van der Waals surface area contributed by atoms with Crippen LogP contribution < -0.4 is 4.74 Å². The zero-order valence-corrected chi connectivity index (χ0v) is 7.74. The molecule has 4 heteroatoms. The smallest absolute Gasteiger partial charge is 0.308 e. The fourth-order valence-electron chi connectivity index (χ4n) is 0.653. The number of carbonyl (C=O) groups is 1. The van der Waals surface area contributed by atoms with Crippen molar-refractivity contribution in [3.63, 3.8) is 0 Å². The van der Waals surface area contributed by atoms with E-state index in [9.17, 15) is 4.79 Å². The van der Waals surface area contributed by atoms with Crippen molar-refractivity contribution in [3.05, 3.63) is 28.2 Å². The summed E-state index contributed by atoms with van der Waals surface area (Å²) in [4.78, 5) is 10.5. The summed E-state index contributed by atoms with van der Waals surface area (Å²) in [6.45, 7) is 1.28. The first-order valence-corrected chi connectivity index (χ1v) is 3.91. The van der Waals surface area contributed by atoms with Gasteiger partial charge in [0.2, 0.25) is 0 Å². The van der Waals surface area contributed by atoms with Gasteiger partial charge >= 0.3 is 5.97 Å². The van der Waals surface area contributed by atoms with Crippen molar-refractivity contribution in [1.82, 2.24) is 0 Å². The van der Waals surface area contributed by atoms with Gasteiger partial charge in [0, 0.05) is 13.0 Å². The van der Waals surface area contributed by atoms with Gasteiger partial charge in [0.05, 0.1) is 5.02 Å². The molecule has 63 valence electrons. The van der Waals surface area contributed by atoms with Crippen molar-refractivity contribution in [2.45, 2.75) is 6.92 Å². The number of hydrogen-bond acceptors (Lipinski definition) is 2. The quantitative estimate of drug-likeness (QED) is 0.519. The number of carbonyl (C=O) groups excluding carboxylic acids is 1. The minimum atomic E-state index is -0.449. The summed E-state index contributed by atoms with van der Waals surface area (Å²) in [5, 5.41) is 0.543. The molecule has 0 aliphatic rings. The molecule has 2 nitrogen and oxygen atoms in total. The molecule has 0 fully saturated rings. The van der Waals surface area contributed by atoms with Gasteiger partial charge in [0.25, 0.3) is 0 Å². The molecule has 1 aromatic carbocycles. The monoisotopic (exact) mass is 203 g/mol. The molecule has 0 heterocycles. The summed E-state index contributed by atoms with van der Waals surface area (Å²) >= 11 is 11.4. The van der Waals surface area contributed by atoms with E-state index in [-0.39, 0.29) is 10.8 Å². The maximum Gasteiger partial charge on any atom is 0.308 e. The van der Waals surface area contributed by atoms with Crippen LogP contribution >= 0.6 is 23.2 Å². The van der Waals surface area contributed by atoms with Crippen LogP contribution in [0.25, 0.3) is 0 Å². The van der Waals surface area contributed by atoms with Gasteiger partial charge in [0.1, 0.15) is 5.02 Å². The third-order valence-corrected chi connectivity index (χ3v) is 1.89. The zero-order valence-electron chi connectivity index (χ0n) is 6.23. The lowest BCUT2D eigenvalue weighted by molar-refractivity contribution is -0.131. The topological polar surface area (TPSA) is 26.3 Å². The highest BCUT2D eigenvalue weighted by Crippen LogP contribution is 2.30. The van der Waals surface area contributed by atoms with Gasteiger partial charge in [-0.1, -0.05) is 23.2 Å². The molecule has 0 atom stereocenters. The number of esters is 1. The van der Waals surface area contributed by atoms with Crippen LogP contribution in [0.1, 0.15) is 6.92 Å². The van der Waals surface area contributed by atoms with Gasteiger partial charge in [-0.05, 0) is 12.1 Å². The summed E-state index contributed by atoms with van der Waals surface area (Å²) < 4.78 is 4.71. The first-order valence-electron chi connectivity index (χ1n) is 3.15. The predicted octanol–water partition coefficient (Wildman–Crippen LogP) is 2.72. The van der Waals surface area contributed by atoms with E-state index in [1.807, 2.05) is 0 Å². The molecule has 0 bridgehead atoms. The molecule has 1 radical (unpaired) electrons. The lowest BCUT2D eigenvalue weighted by atomic mass is 10.3. The summed E-state index contributed by atoms with van der Waals surface area (Å²) in [6, 6.07) is 5.75. The molecule has 12 heavy (non-hydrogen) atoms. The average Bonchev–Trinajstić information content (AvgIpc) is 1.98. The highest BCUT2D eigenvalue weighted by Gasteiger charge is 2.06. The molecule has 0 aromatic heterocycles. The number of benzene rings is 1. The van der Waals surface area contributed by atoms with Gasteiger partial charge in [-0.3, -0.25) is 4.79 Å². The Labute approximate surface area is 80.0 Å². The van der Waals surface area contributed by atoms with Crippen LogP contribution in [0.15, 0.2) is 12.1 Å². The van der Waals surface area contributed by atoms with Gasteiger partial charge in [-0.25, -0.2) is 0 Å². The second-order valence-electron chi connectivity index (χ2n) is 2.06. The third kappa shape index (κ3) is 2.13. The summed E-state index contributed by atoms with van der Waals surface area (Å²) in [5.74, 6) is -0.285. The van der Waals surface area contributed by atoms with Crippen molar-refractivity contribution < 1.29 is 9.53 Å². The van der Waals surface area contributed by atoms with Crippen LogP contribution in [-0.2, 0) is 4.79 Å². The van der Waals surface area contributed by atoms with Crippen molar-refractivity contribution >= 4 is 29.2 Å². The van der Waals surface area contributed by atoms with Crippen molar-refractivity contribution in [2.24, 2.45) is 0 Å². The molecule has 0 N–H and O–H groups in total. The lowest BCUT2D eigenvalue weighted by Gasteiger charge is -2.03. The molecular formula is C8H5Cl2O2. The van der Waals surface area contributed by atoms with Gasteiger partial charge < -0.3 is 4.74 Å². The second-order valence-corrected chi connectivity index (χ2v) is 2.85. The molecule has 1 rings (SSSR count). The summed E-state index contributed by atoms with van der Waals surface area (Å²) in [6.07, 6.45) is 0. The molecule has 0 spiro atoms. The Kier molecular flexibility index (Phi) is 2.95. The van der Waals surface area contributed by atoms with E-state index in [0.29, 0.717) is 5.02 Å². The largest absolute Gasteiger partial charge is 0.424 e. The van der Waals surface area contributed by atoms with E-state index in [4.69, 9.17) is 27.9 Å². The van der Waals surface area contributed by atoms with Gasteiger partial charge in [-0.2, -0.15) is 0 Å². The normalized spacial score (nSPS) is 9.58. The molecular weight excluding hydrogens is 199 g/mol. The van der Waals surface area contributed by atoms with E-state index < -0.39 is 5.97 Å². The van der Waals surface area contributed by atoms with Crippen LogP contribution in [0.4, 0.5) is 0 Å². The SMILES string of the molecule is CC(=O)Oc1[c]ccc(Cl)c1Cl. The van der Waals surface area contributed by atoms with Crippen LogP contribution in [-0.4, -0.2) is 5.97 Å². The van der Waals surface area contributed by atoms with Crippen molar-refractivity contribution in [1.29, 1.82) is 0 Å². The zero-order chi connectivity index (χ0) is 9.14. The van der Waals surface area contributed by atoms with Crippen LogP contribution in [0.3, 0.4) is 0 Å². The van der Waals surface area contributed by atoms with E-state index in [0.717, 1.165) is 0 Å². The first-order chi connectivity index (χ1) is 5.61. The van der Waals surface area contributed by atoms with Gasteiger partial charge in [-0.15, -0.1) is 0 Å². The van der Waals surface area contributed by atoms with E-state index in [1.54, 1.807) is 6.07 Å². The van der Waals surface area contributed by atoms with Crippen molar-refractivity contribution in [2.75, 3.05) is 0 Å². The summed E-state index contributed by atoms with van der Waals surface area (Å²) in [5.41, 5.74) is 0. The Balaban J connectivity index is 3.00. The van der Waals surface area contributed by atoms with E-state index in [1.165, 1.54) is 13.0 Å². The Morgan fingerprint density at radius 2 is 2.25 bits per heavy atom. The number of hydrogen-bond donors (Lipinski definition) is 0. The Hall–Kier alpha value is -0.730. The van der Waals surface area contributed by atoms with Crippen molar-refractivity contribution in [3.8, 4) is 5.75 Å². The van der Waals surface area contributed by atoms with Crippen LogP contribution in [0.2, 0.25) is 10.0 Å². The molecule has 0 aliphatic heterocycles. The fraction of sp³-hybridized carbons (Fsp3) is 0.125. The molecule has 0 aliphatic carbocycles. The van der Waals surface area contributed by atoms with Crippen LogP contribution in [0.5, 0.6) is 5.75 Å². The average molecular weight is 204 g/mol. The van der Waals surface area contributed by atoms with Gasteiger partial charge in [0.15, 0.2) is 5.75 Å². The third-order valence-electron chi connectivity index (χ3n) is 1.10. The molecule has 0 amide bonds. The Morgan fingerprint density at radius 1 is 1.58 bits per heavy atom. The minimum Gasteiger partial charge on any atom is -0.424 e. The van der Waals surface area contributed by atoms with Crippen LogP contribution in [0, 0.1) is 6.07 Å². The number of halogens is 2. The molecule has 0 unspecified atom stereocenters. The minimum absolute atomic E-state index is 0.164. The Morgan fingerprint density at radius 3 is 2.83 bits per heavy atom. The van der Waals surface area contributed by atoms with E-state index in [2.05, 4.69) is 6.07 Å². The maximum absolute atomic E-state index is 10.5.